The molecule has 1 unspecified atom stereocenters. The Kier molecular flexibility index (Phi) is 2.92. The molecule has 1 heterocycles. The zero-order chi connectivity index (χ0) is 11.8. The van der Waals surface area contributed by atoms with Crippen LogP contribution in [0.25, 0.3) is 0 Å². The van der Waals surface area contributed by atoms with Gasteiger partial charge in [0.05, 0.1) is 5.92 Å². The van der Waals surface area contributed by atoms with E-state index in [9.17, 15) is 4.79 Å². The minimum Gasteiger partial charge on any atom is -0.458 e. The molecule has 4 atom stereocenters. The average molecular weight is 220 g/mol. The zero-order valence-corrected chi connectivity index (χ0v) is 9.95. The standard InChI is InChI=1S/C14H20O2/c1-4-10-9-14(16-13(10)15)11(5-2)7-8-12(14)6-3/h5-6,10-12H,2-4,7-9H2,1H3/t10-,11-,12+,14?/m0/s1. The molecule has 2 heteroatoms. The minimum atomic E-state index is -0.318. The Balaban J connectivity index is 2.30. The quantitative estimate of drug-likeness (QED) is 0.539. The third-order valence-corrected chi connectivity index (χ3v) is 4.30. The highest BCUT2D eigenvalue weighted by molar-refractivity contribution is 5.75. The predicted molar refractivity (Wildman–Crippen MR) is 63.8 cm³/mol. The third kappa shape index (κ3) is 1.43. The van der Waals surface area contributed by atoms with Crippen molar-refractivity contribution in [1.29, 1.82) is 0 Å². The highest BCUT2D eigenvalue weighted by atomic mass is 16.6. The van der Waals surface area contributed by atoms with E-state index in [4.69, 9.17) is 4.74 Å². The first-order valence-corrected chi connectivity index (χ1v) is 6.16. The summed E-state index contributed by atoms with van der Waals surface area (Å²) in [5.41, 5.74) is -0.318. The van der Waals surface area contributed by atoms with E-state index in [2.05, 4.69) is 13.2 Å². The summed E-state index contributed by atoms with van der Waals surface area (Å²) in [6.45, 7) is 9.81. The van der Waals surface area contributed by atoms with Crippen LogP contribution in [0.5, 0.6) is 0 Å². The fourth-order valence-corrected chi connectivity index (χ4v) is 3.30. The number of rotatable bonds is 3. The normalized spacial score (nSPS) is 42.3. The number of hydrogen-bond donors (Lipinski definition) is 0. The predicted octanol–water partition coefficient (Wildman–Crippen LogP) is 3.10. The second-order valence-corrected chi connectivity index (χ2v) is 4.95. The molecule has 0 amide bonds. The van der Waals surface area contributed by atoms with Crippen LogP contribution in [0.3, 0.4) is 0 Å². The number of hydrogen-bond acceptors (Lipinski definition) is 2. The molecule has 1 spiro atoms. The summed E-state index contributed by atoms with van der Waals surface area (Å²) in [6.07, 6.45) is 7.74. The largest absolute Gasteiger partial charge is 0.458 e. The van der Waals surface area contributed by atoms with Gasteiger partial charge in [0.25, 0.3) is 0 Å². The highest BCUT2D eigenvalue weighted by Gasteiger charge is 2.56. The zero-order valence-electron chi connectivity index (χ0n) is 9.95. The maximum atomic E-state index is 11.8. The van der Waals surface area contributed by atoms with Crippen LogP contribution in [-0.2, 0) is 9.53 Å². The summed E-state index contributed by atoms with van der Waals surface area (Å²) in [7, 11) is 0. The van der Waals surface area contributed by atoms with Crippen LogP contribution in [0.1, 0.15) is 32.6 Å². The summed E-state index contributed by atoms with van der Waals surface area (Å²) in [6, 6.07) is 0. The van der Waals surface area contributed by atoms with E-state index in [0.29, 0.717) is 11.8 Å². The van der Waals surface area contributed by atoms with Gasteiger partial charge in [0.2, 0.25) is 0 Å². The topological polar surface area (TPSA) is 26.3 Å². The molecule has 2 aliphatic rings. The lowest BCUT2D eigenvalue weighted by Gasteiger charge is -2.32. The summed E-state index contributed by atoms with van der Waals surface area (Å²) in [4.78, 5) is 11.8. The maximum absolute atomic E-state index is 11.8. The van der Waals surface area contributed by atoms with Gasteiger partial charge in [-0.25, -0.2) is 0 Å². The average Bonchev–Trinajstić information content (AvgIpc) is 2.79. The Morgan fingerprint density at radius 1 is 1.38 bits per heavy atom. The number of carbonyl (C=O) groups excluding carboxylic acids is 1. The van der Waals surface area contributed by atoms with E-state index in [1.165, 1.54) is 0 Å². The van der Waals surface area contributed by atoms with Gasteiger partial charge in [-0.3, -0.25) is 4.79 Å². The molecule has 1 aliphatic heterocycles. The van der Waals surface area contributed by atoms with E-state index >= 15 is 0 Å². The molecule has 0 bridgehead atoms. The van der Waals surface area contributed by atoms with Gasteiger partial charge in [0.15, 0.2) is 0 Å². The molecule has 1 aliphatic carbocycles. The van der Waals surface area contributed by atoms with Crippen LogP contribution in [0, 0.1) is 17.8 Å². The molecule has 0 radical (unpaired) electrons. The van der Waals surface area contributed by atoms with Crippen molar-refractivity contribution >= 4 is 5.97 Å². The molecular weight excluding hydrogens is 200 g/mol. The number of ether oxygens (including phenoxy) is 1. The summed E-state index contributed by atoms with van der Waals surface area (Å²) < 4.78 is 5.74. The SMILES string of the molecule is C=C[C@@H]1CC[C@H](C=C)C12C[C@H](CC)C(=O)O2. The van der Waals surface area contributed by atoms with Gasteiger partial charge >= 0.3 is 5.97 Å². The van der Waals surface area contributed by atoms with Crippen molar-refractivity contribution in [3.63, 3.8) is 0 Å². The maximum Gasteiger partial charge on any atom is 0.309 e. The van der Waals surface area contributed by atoms with Crippen molar-refractivity contribution in [3.05, 3.63) is 25.3 Å². The van der Waals surface area contributed by atoms with Crippen LogP contribution < -0.4 is 0 Å². The smallest absolute Gasteiger partial charge is 0.309 e. The van der Waals surface area contributed by atoms with Gasteiger partial charge < -0.3 is 4.74 Å². The Labute approximate surface area is 97.4 Å². The van der Waals surface area contributed by atoms with Crippen LogP contribution in [0.15, 0.2) is 25.3 Å². The van der Waals surface area contributed by atoms with Crippen LogP contribution in [0.2, 0.25) is 0 Å². The lowest BCUT2D eigenvalue weighted by atomic mass is 9.79. The van der Waals surface area contributed by atoms with Crippen molar-refractivity contribution in [2.45, 2.75) is 38.2 Å². The Hall–Kier alpha value is -1.05. The van der Waals surface area contributed by atoms with Crippen LogP contribution in [0.4, 0.5) is 0 Å². The summed E-state index contributed by atoms with van der Waals surface area (Å²) in [5, 5.41) is 0. The van der Waals surface area contributed by atoms with Crippen molar-refractivity contribution < 1.29 is 9.53 Å². The molecule has 0 aromatic rings. The van der Waals surface area contributed by atoms with E-state index in [1.54, 1.807) is 0 Å². The molecule has 2 rings (SSSR count). The van der Waals surface area contributed by atoms with E-state index in [0.717, 1.165) is 25.7 Å². The molecule has 0 N–H and O–H groups in total. The van der Waals surface area contributed by atoms with Gasteiger partial charge in [-0.15, -0.1) is 13.2 Å². The monoisotopic (exact) mass is 220 g/mol. The van der Waals surface area contributed by atoms with Crippen molar-refractivity contribution in [1.82, 2.24) is 0 Å². The molecule has 1 saturated carbocycles. The lowest BCUT2D eigenvalue weighted by Crippen LogP contribution is -2.38. The van der Waals surface area contributed by atoms with Gasteiger partial charge in [0.1, 0.15) is 5.60 Å². The van der Waals surface area contributed by atoms with E-state index < -0.39 is 0 Å². The van der Waals surface area contributed by atoms with Gasteiger partial charge in [-0.1, -0.05) is 19.1 Å². The van der Waals surface area contributed by atoms with Crippen molar-refractivity contribution in [3.8, 4) is 0 Å². The molecule has 0 aromatic heterocycles. The Morgan fingerprint density at radius 3 is 2.31 bits per heavy atom. The van der Waals surface area contributed by atoms with Crippen LogP contribution >= 0.6 is 0 Å². The minimum absolute atomic E-state index is 0.0249. The second kappa shape index (κ2) is 4.08. The summed E-state index contributed by atoms with van der Waals surface area (Å²) in [5.74, 6) is 0.651. The van der Waals surface area contributed by atoms with Gasteiger partial charge in [-0.05, 0) is 19.3 Å². The first-order valence-electron chi connectivity index (χ1n) is 6.16. The van der Waals surface area contributed by atoms with Crippen molar-refractivity contribution in [2.75, 3.05) is 0 Å². The molecule has 2 nitrogen and oxygen atoms in total. The molecule has 0 aromatic carbocycles. The second-order valence-electron chi connectivity index (χ2n) is 4.95. The van der Waals surface area contributed by atoms with Gasteiger partial charge in [-0.2, -0.15) is 0 Å². The fourth-order valence-electron chi connectivity index (χ4n) is 3.30. The van der Waals surface area contributed by atoms with E-state index in [-0.39, 0.29) is 17.5 Å². The number of carbonyl (C=O) groups is 1. The third-order valence-electron chi connectivity index (χ3n) is 4.30. The summed E-state index contributed by atoms with van der Waals surface area (Å²) >= 11 is 0. The number of esters is 1. The van der Waals surface area contributed by atoms with Gasteiger partial charge in [0, 0.05) is 18.3 Å². The Morgan fingerprint density at radius 2 is 1.94 bits per heavy atom. The first-order chi connectivity index (χ1) is 7.67. The molecular formula is C14H20O2. The molecule has 16 heavy (non-hydrogen) atoms. The fraction of sp³-hybridized carbons (Fsp3) is 0.643. The molecule has 88 valence electrons. The van der Waals surface area contributed by atoms with Crippen LogP contribution in [-0.4, -0.2) is 11.6 Å². The van der Waals surface area contributed by atoms with E-state index in [1.807, 2.05) is 19.1 Å². The molecule has 2 fully saturated rings. The Bertz CT molecular complexity index is 303. The highest BCUT2D eigenvalue weighted by Crippen LogP contribution is 2.52. The van der Waals surface area contributed by atoms with Crippen molar-refractivity contribution in [2.24, 2.45) is 17.8 Å². The molecule has 1 saturated heterocycles. The first kappa shape index (κ1) is 11.4. The lowest BCUT2D eigenvalue weighted by molar-refractivity contribution is -0.154.